The third kappa shape index (κ3) is 3.11. The van der Waals surface area contributed by atoms with Crippen molar-refractivity contribution in [1.82, 2.24) is 20.1 Å². The van der Waals surface area contributed by atoms with E-state index in [9.17, 15) is 4.79 Å². The number of fused-ring (bicyclic) bond motifs is 1. The van der Waals surface area contributed by atoms with Crippen molar-refractivity contribution < 1.29 is 14.3 Å². The lowest BCUT2D eigenvalue weighted by atomic mass is 10.1. The molecule has 0 fully saturated rings. The van der Waals surface area contributed by atoms with Crippen molar-refractivity contribution >= 4 is 5.91 Å². The van der Waals surface area contributed by atoms with E-state index in [1.807, 2.05) is 25.4 Å². The van der Waals surface area contributed by atoms with E-state index in [4.69, 9.17) is 9.47 Å². The quantitative estimate of drug-likeness (QED) is 0.780. The Bertz CT molecular complexity index is 951. The molecule has 0 saturated carbocycles. The highest BCUT2D eigenvalue weighted by molar-refractivity contribution is 5.97. The van der Waals surface area contributed by atoms with Crippen molar-refractivity contribution in [1.29, 1.82) is 0 Å². The first kappa shape index (κ1) is 16.1. The topological polar surface area (TPSA) is 78.3 Å². The van der Waals surface area contributed by atoms with E-state index in [1.165, 1.54) is 0 Å². The maximum Gasteiger partial charge on any atom is 0.255 e. The van der Waals surface area contributed by atoms with Gasteiger partial charge in [0.2, 0.25) is 0 Å². The summed E-state index contributed by atoms with van der Waals surface area (Å²) < 4.78 is 12.9. The van der Waals surface area contributed by atoms with Crippen LogP contribution < -0.4 is 14.8 Å². The molecule has 1 aliphatic heterocycles. The van der Waals surface area contributed by atoms with E-state index in [-0.39, 0.29) is 5.91 Å². The Labute approximate surface area is 150 Å². The molecule has 4 rings (SSSR count). The van der Waals surface area contributed by atoms with Gasteiger partial charge in [-0.15, -0.1) is 0 Å². The normalized spacial score (nSPS) is 12.7. The summed E-state index contributed by atoms with van der Waals surface area (Å²) in [5.74, 6) is 0.879. The molecule has 0 atom stereocenters. The smallest absolute Gasteiger partial charge is 0.255 e. The predicted molar refractivity (Wildman–Crippen MR) is 95.0 cm³/mol. The van der Waals surface area contributed by atoms with Crippen molar-refractivity contribution in [3.8, 4) is 22.8 Å². The summed E-state index contributed by atoms with van der Waals surface area (Å²) in [6, 6.07) is 9.10. The maximum absolute atomic E-state index is 12.7. The minimum Gasteiger partial charge on any atom is -0.486 e. The Morgan fingerprint density at radius 2 is 2.12 bits per heavy atom. The summed E-state index contributed by atoms with van der Waals surface area (Å²) in [7, 11) is 1.86. The van der Waals surface area contributed by atoms with Gasteiger partial charge in [0, 0.05) is 31.5 Å². The van der Waals surface area contributed by atoms with Crippen molar-refractivity contribution in [3.63, 3.8) is 0 Å². The van der Waals surface area contributed by atoms with Crippen molar-refractivity contribution in [2.45, 2.75) is 6.54 Å². The molecule has 26 heavy (non-hydrogen) atoms. The molecule has 7 nitrogen and oxygen atoms in total. The first-order valence-electron chi connectivity index (χ1n) is 8.32. The van der Waals surface area contributed by atoms with Gasteiger partial charge in [0.05, 0.1) is 17.5 Å². The zero-order chi connectivity index (χ0) is 17.9. The Balaban J connectivity index is 1.54. The number of pyridine rings is 1. The highest BCUT2D eigenvalue weighted by atomic mass is 16.6. The number of nitrogens with zero attached hydrogens (tertiary/aromatic N) is 3. The monoisotopic (exact) mass is 350 g/mol. The van der Waals surface area contributed by atoms with Crippen LogP contribution in [-0.2, 0) is 13.6 Å². The van der Waals surface area contributed by atoms with Crippen molar-refractivity contribution in [2.24, 2.45) is 7.05 Å². The average molecular weight is 350 g/mol. The zero-order valence-electron chi connectivity index (χ0n) is 14.3. The van der Waals surface area contributed by atoms with Gasteiger partial charge in [-0.25, -0.2) is 0 Å². The number of nitrogens with one attached hydrogen (secondary N) is 1. The highest BCUT2D eigenvalue weighted by Gasteiger charge is 2.20. The van der Waals surface area contributed by atoms with Gasteiger partial charge in [-0.05, 0) is 23.8 Å². The molecule has 0 unspecified atom stereocenters. The van der Waals surface area contributed by atoms with Gasteiger partial charge in [0.25, 0.3) is 5.91 Å². The van der Waals surface area contributed by atoms with Crippen LogP contribution in [0.3, 0.4) is 0 Å². The van der Waals surface area contributed by atoms with E-state index in [2.05, 4.69) is 15.4 Å². The summed E-state index contributed by atoms with van der Waals surface area (Å²) in [5, 5.41) is 7.12. The molecule has 3 heterocycles. The summed E-state index contributed by atoms with van der Waals surface area (Å²) in [6.45, 7) is 1.27. The molecule has 0 aliphatic carbocycles. The summed E-state index contributed by atoms with van der Waals surface area (Å²) in [6.07, 6.45) is 5.38. The first-order chi connectivity index (χ1) is 12.7. The fraction of sp³-hybridized carbons (Fsp3) is 0.211. The fourth-order valence-corrected chi connectivity index (χ4v) is 2.91. The molecular formula is C19H18N4O3. The first-order valence-corrected chi connectivity index (χ1v) is 8.32. The molecule has 7 heteroatoms. The number of ether oxygens (including phenoxy) is 2. The lowest BCUT2D eigenvalue weighted by Gasteiger charge is -2.20. The Kier molecular flexibility index (Phi) is 4.27. The number of carbonyl (C=O) groups excluding carboxylic acids is 1. The van der Waals surface area contributed by atoms with Crippen molar-refractivity contribution in [3.05, 3.63) is 60.0 Å². The van der Waals surface area contributed by atoms with Crippen LogP contribution in [-0.4, -0.2) is 33.9 Å². The zero-order valence-corrected chi connectivity index (χ0v) is 14.3. The van der Waals surface area contributed by atoms with E-state index in [1.54, 1.807) is 35.3 Å². The molecule has 0 bridgehead atoms. The molecule has 1 N–H and O–H groups in total. The van der Waals surface area contributed by atoms with Gasteiger partial charge < -0.3 is 14.8 Å². The minimum atomic E-state index is -0.215. The lowest BCUT2D eigenvalue weighted by molar-refractivity contribution is 0.0940. The molecule has 132 valence electrons. The van der Waals surface area contributed by atoms with Crippen LogP contribution in [0.25, 0.3) is 11.3 Å². The number of hydrogen-bond donors (Lipinski definition) is 1. The van der Waals surface area contributed by atoms with Crippen LogP contribution in [0.15, 0.2) is 48.9 Å². The van der Waals surface area contributed by atoms with Crippen LogP contribution >= 0.6 is 0 Å². The summed E-state index contributed by atoms with van der Waals surface area (Å²) in [5.41, 5.74) is 3.09. The maximum atomic E-state index is 12.7. The number of aryl methyl sites for hydroxylation is 1. The number of carbonyl (C=O) groups is 1. The van der Waals surface area contributed by atoms with Gasteiger partial charge in [0.15, 0.2) is 11.5 Å². The third-order valence-electron chi connectivity index (χ3n) is 4.12. The molecular weight excluding hydrogens is 332 g/mol. The van der Waals surface area contributed by atoms with Gasteiger partial charge in [-0.3, -0.25) is 14.5 Å². The van der Waals surface area contributed by atoms with Gasteiger partial charge in [-0.1, -0.05) is 12.1 Å². The minimum absolute atomic E-state index is 0.215. The Morgan fingerprint density at radius 1 is 1.23 bits per heavy atom. The standard InChI is InChI=1S/C19H18N4O3/c1-23-12-14(11-22-23)17-13(4-3-7-20-17)10-21-19(24)15-5-2-6-16-18(15)26-9-8-25-16/h2-7,11-12H,8-10H2,1H3,(H,21,24). The summed E-state index contributed by atoms with van der Waals surface area (Å²) >= 11 is 0. The Morgan fingerprint density at radius 3 is 2.96 bits per heavy atom. The molecule has 3 aromatic rings. The van der Waals surface area contributed by atoms with Crippen LogP contribution in [0.4, 0.5) is 0 Å². The van der Waals surface area contributed by atoms with E-state index >= 15 is 0 Å². The number of amides is 1. The van der Waals surface area contributed by atoms with Gasteiger partial charge in [-0.2, -0.15) is 5.10 Å². The molecule has 0 radical (unpaired) electrons. The number of hydrogen-bond acceptors (Lipinski definition) is 5. The second kappa shape index (κ2) is 6.87. The second-order valence-corrected chi connectivity index (χ2v) is 5.93. The molecule has 0 saturated heterocycles. The van der Waals surface area contributed by atoms with Gasteiger partial charge in [0.1, 0.15) is 13.2 Å². The largest absolute Gasteiger partial charge is 0.486 e. The Hall–Kier alpha value is -3.35. The third-order valence-corrected chi connectivity index (χ3v) is 4.12. The number of para-hydroxylation sites is 1. The van der Waals surface area contributed by atoms with Crippen LogP contribution in [0.5, 0.6) is 11.5 Å². The van der Waals surface area contributed by atoms with E-state index in [0.29, 0.717) is 36.8 Å². The van der Waals surface area contributed by atoms with E-state index < -0.39 is 0 Å². The predicted octanol–water partition coefficient (Wildman–Crippen LogP) is 2.18. The molecule has 1 aromatic carbocycles. The van der Waals surface area contributed by atoms with Crippen molar-refractivity contribution in [2.75, 3.05) is 13.2 Å². The number of rotatable bonds is 4. The van der Waals surface area contributed by atoms with Crippen LogP contribution in [0, 0.1) is 0 Å². The van der Waals surface area contributed by atoms with E-state index in [0.717, 1.165) is 16.8 Å². The molecule has 1 aliphatic rings. The SMILES string of the molecule is Cn1cc(-c2ncccc2CNC(=O)c2cccc3c2OCCO3)cn1. The molecule has 2 aromatic heterocycles. The number of benzene rings is 1. The van der Waals surface area contributed by atoms with Crippen LogP contribution in [0.2, 0.25) is 0 Å². The highest BCUT2D eigenvalue weighted by Crippen LogP contribution is 2.33. The van der Waals surface area contributed by atoms with Crippen LogP contribution in [0.1, 0.15) is 15.9 Å². The fourth-order valence-electron chi connectivity index (χ4n) is 2.91. The molecule has 0 spiro atoms. The molecule has 1 amide bonds. The average Bonchev–Trinajstić information content (AvgIpc) is 3.12. The number of aromatic nitrogens is 3. The summed E-state index contributed by atoms with van der Waals surface area (Å²) in [4.78, 5) is 17.1. The van der Waals surface area contributed by atoms with Gasteiger partial charge >= 0.3 is 0 Å². The second-order valence-electron chi connectivity index (χ2n) is 5.93. The lowest BCUT2D eigenvalue weighted by Crippen LogP contribution is -2.25.